The number of imidazole rings is 1. The second kappa shape index (κ2) is 4.98. The summed E-state index contributed by atoms with van der Waals surface area (Å²) >= 11 is 0. The maximum atomic E-state index is 6.18. The highest BCUT2D eigenvalue weighted by Gasteiger charge is 2.33. The van der Waals surface area contributed by atoms with Crippen LogP contribution in [-0.2, 0) is 10.3 Å². The van der Waals surface area contributed by atoms with Gasteiger partial charge in [0.2, 0.25) is 5.95 Å². The van der Waals surface area contributed by atoms with Gasteiger partial charge >= 0.3 is 0 Å². The SMILES string of the molecule is CCOc1cccc2c1nc(N)n2C1(C)CCCOC1. The molecule has 1 unspecified atom stereocenters. The molecule has 1 atom stereocenters. The monoisotopic (exact) mass is 275 g/mol. The van der Waals surface area contributed by atoms with Gasteiger partial charge in [-0.05, 0) is 38.8 Å². The van der Waals surface area contributed by atoms with E-state index in [1.54, 1.807) is 0 Å². The average Bonchev–Trinajstić information content (AvgIpc) is 2.78. The van der Waals surface area contributed by atoms with Crippen LogP contribution in [0.3, 0.4) is 0 Å². The van der Waals surface area contributed by atoms with Crippen molar-refractivity contribution in [3.63, 3.8) is 0 Å². The molecule has 0 bridgehead atoms. The predicted molar refractivity (Wildman–Crippen MR) is 79.0 cm³/mol. The number of rotatable bonds is 3. The van der Waals surface area contributed by atoms with Crippen LogP contribution in [0.15, 0.2) is 18.2 Å². The number of hydrogen-bond donors (Lipinski definition) is 1. The summed E-state index contributed by atoms with van der Waals surface area (Å²) in [6, 6.07) is 5.96. The standard InChI is InChI=1S/C15H21N3O2/c1-3-20-12-7-4-6-11-13(12)17-14(16)18(11)15(2)8-5-9-19-10-15/h4,6-7H,3,5,8-10H2,1-2H3,(H2,16,17). The van der Waals surface area contributed by atoms with E-state index in [0.717, 1.165) is 36.2 Å². The van der Waals surface area contributed by atoms with Crippen LogP contribution in [0.5, 0.6) is 5.75 Å². The van der Waals surface area contributed by atoms with Crippen molar-refractivity contribution in [2.45, 2.75) is 32.2 Å². The fourth-order valence-corrected chi connectivity index (χ4v) is 3.03. The minimum absolute atomic E-state index is 0.137. The quantitative estimate of drug-likeness (QED) is 0.935. The van der Waals surface area contributed by atoms with Gasteiger partial charge in [-0.15, -0.1) is 0 Å². The Morgan fingerprint density at radius 1 is 1.50 bits per heavy atom. The van der Waals surface area contributed by atoms with Crippen molar-refractivity contribution in [1.82, 2.24) is 9.55 Å². The first-order valence-corrected chi connectivity index (χ1v) is 7.14. The van der Waals surface area contributed by atoms with Gasteiger partial charge in [0.05, 0.1) is 24.3 Å². The van der Waals surface area contributed by atoms with E-state index in [1.807, 2.05) is 25.1 Å². The van der Waals surface area contributed by atoms with E-state index in [1.165, 1.54) is 0 Å². The minimum Gasteiger partial charge on any atom is -0.492 e. The highest BCUT2D eigenvalue weighted by Crippen LogP contribution is 2.35. The Kier molecular flexibility index (Phi) is 3.30. The average molecular weight is 275 g/mol. The van der Waals surface area contributed by atoms with Crippen molar-refractivity contribution in [3.05, 3.63) is 18.2 Å². The number of benzene rings is 1. The third kappa shape index (κ3) is 2.02. The number of anilines is 1. The highest BCUT2D eigenvalue weighted by molar-refractivity contribution is 5.84. The molecule has 108 valence electrons. The molecule has 5 nitrogen and oxygen atoms in total. The molecule has 0 amide bonds. The van der Waals surface area contributed by atoms with Gasteiger partial charge in [-0.2, -0.15) is 0 Å². The number of nitrogens with two attached hydrogens (primary N) is 1. The topological polar surface area (TPSA) is 62.3 Å². The zero-order chi connectivity index (χ0) is 14.2. The van der Waals surface area contributed by atoms with Crippen LogP contribution in [0.1, 0.15) is 26.7 Å². The fourth-order valence-electron chi connectivity index (χ4n) is 3.03. The third-order valence-corrected chi connectivity index (χ3v) is 3.93. The van der Waals surface area contributed by atoms with E-state index >= 15 is 0 Å². The molecule has 2 N–H and O–H groups in total. The van der Waals surface area contributed by atoms with Gasteiger partial charge in [-0.3, -0.25) is 0 Å². The van der Waals surface area contributed by atoms with Gasteiger partial charge < -0.3 is 19.8 Å². The number of hydrogen-bond acceptors (Lipinski definition) is 4. The number of para-hydroxylation sites is 1. The molecular formula is C15H21N3O2. The van der Waals surface area contributed by atoms with Crippen LogP contribution >= 0.6 is 0 Å². The molecule has 1 aromatic heterocycles. The lowest BCUT2D eigenvalue weighted by Crippen LogP contribution is -2.39. The second-order valence-electron chi connectivity index (χ2n) is 5.52. The van der Waals surface area contributed by atoms with Crippen molar-refractivity contribution < 1.29 is 9.47 Å². The molecule has 2 aromatic rings. The Bertz CT molecular complexity index is 615. The first-order chi connectivity index (χ1) is 9.65. The van der Waals surface area contributed by atoms with E-state index < -0.39 is 0 Å². The fraction of sp³-hybridized carbons (Fsp3) is 0.533. The minimum atomic E-state index is -0.137. The van der Waals surface area contributed by atoms with Crippen LogP contribution in [-0.4, -0.2) is 29.4 Å². The molecule has 1 aliphatic heterocycles. The molecule has 5 heteroatoms. The summed E-state index contributed by atoms with van der Waals surface area (Å²) in [6.45, 7) is 6.26. The number of fused-ring (bicyclic) bond motifs is 1. The van der Waals surface area contributed by atoms with Crippen molar-refractivity contribution in [2.24, 2.45) is 0 Å². The summed E-state index contributed by atoms with van der Waals surface area (Å²) in [5.74, 6) is 1.32. The molecule has 1 aromatic carbocycles. The first-order valence-electron chi connectivity index (χ1n) is 7.14. The number of aromatic nitrogens is 2. The lowest BCUT2D eigenvalue weighted by Gasteiger charge is -2.35. The second-order valence-corrected chi connectivity index (χ2v) is 5.52. The van der Waals surface area contributed by atoms with Crippen LogP contribution in [0.2, 0.25) is 0 Å². The lowest BCUT2D eigenvalue weighted by atomic mass is 9.94. The van der Waals surface area contributed by atoms with Gasteiger partial charge in [-0.1, -0.05) is 6.07 Å². The van der Waals surface area contributed by atoms with Gasteiger partial charge in [-0.25, -0.2) is 4.98 Å². The molecule has 2 heterocycles. The van der Waals surface area contributed by atoms with E-state index in [2.05, 4.69) is 16.5 Å². The summed E-state index contributed by atoms with van der Waals surface area (Å²) in [5.41, 5.74) is 7.89. The normalized spacial score (nSPS) is 23.1. The van der Waals surface area contributed by atoms with E-state index in [-0.39, 0.29) is 5.54 Å². The molecule has 1 fully saturated rings. The first kappa shape index (κ1) is 13.2. The number of ether oxygens (including phenoxy) is 2. The molecule has 3 rings (SSSR count). The Labute approximate surface area is 118 Å². The molecule has 20 heavy (non-hydrogen) atoms. The molecule has 0 spiro atoms. The van der Waals surface area contributed by atoms with Gasteiger partial charge in [0.1, 0.15) is 11.3 Å². The smallest absolute Gasteiger partial charge is 0.201 e. The Balaban J connectivity index is 2.16. The zero-order valence-corrected chi connectivity index (χ0v) is 12.1. The lowest BCUT2D eigenvalue weighted by molar-refractivity contribution is 0.0124. The van der Waals surface area contributed by atoms with Crippen molar-refractivity contribution in [1.29, 1.82) is 0 Å². The third-order valence-electron chi connectivity index (χ3n) is 3.93. The van der Waals surface area contributed by atoms with E-state index in [9.17, 15) is 0 Å². The molecule has 0 aliphatic carbocycles. The van der Waals surface area contributed by atoms with Crippen LogP contribution < -0.4 is 10.5 Å². The molecular weight excluding hydrogens is 254 g/mol. The number of nitrogen functional groups attached to an aromatic ring is 1. The summed E-state index contributed by atoms with van der Waals surface area (Å²) < 4.78 is 13.4. The highest BCUT2D eigenvalue weighted by atomic mass is 16.5. The van der Waals surface area contributed by atoms with Crippen molar-refractivity contribution >= 4 is 17.0 Å². The van der Waals surface area contributed by atoms with Gasteiger partial charge in [0.25, 0.3) is 0 Å². The Morgan fingerprint density at radius 2 is 2.35 bits per heavy atom. The maximum Gasteiger partial charge on any atom is 0.201 e. The predicted octanol–water partition coefficient (Wildman–Crippen LogP) is 2.54. The summed E-state index contributed by atoms with van der Waals surface area (Å²) in [4.78, 5) is 4.51. The molecule has 0 saturated carbocycles. The van der Waals surface area contributed by atoms with Gasteiger partial charge in [0, 0.05) is 6.61 Å². The largest absolute Gasteiger partial charge is 0.492 e. The van der Waals surface area contributed by atoms with E-state index in [0.29, 0.717) is 19.2 Å². The zero-order valence-electron chi connectivity index (χ0n) is 12.1. The summed E-state index contributed by atoms with van der Waals surface area (Å²) in [7, 11) is 0. The van der Waals surface area contributed by atoms with Crippen LogP contribution in [0.25, 0.3) is 11.0 Å². The Hall–Kier alpha value is -1.75. The molecule has 1 aliphatic rings. The number of nitrogens with zero attached hydrogens (tertiary/aromatic N) is 2. The van der Waals surface area contributed by atoms with Gasteiger partial charge in [0.15, 0.2) is 0 Å². The maximum absolute atomic E-state index is 6.18. The van der Waals surface area contributed by atoms with Crippen molar-refractivity contribution in [2.75, 3.05) is 25.6 Å². The molecule has 0 radical (unpaired) electrons. The van der Waals surface area contributed by atoms with Crippen molar-refractivity contribution in [3.8, 4) is 5.75 Å². The van der Waals surface area contributed by atoms with Crippen LogP contribution in [0.4, 0.5) is 5.95 Å². The Morgan fingerprint density at radius 3 is 3.05 bits per heavy atom. The summed E-state index contributed by atoms with van der Waals surface area (Å²) in [6.07, 6.45) is 2.09. The summed E-state index contributed by atoms with van der Waals surface area (Å²) in [5, 5.41) is 0. The van der Waals surface area contributed by atoms with Crippen LogP contribution in [0, 0.1) is 0 Å². The molecule has 1 saturated heterocycles. The van der Waals surface area contributed by atoms with E-state index in [4.69, 9.17) is 15.2 Å².